The Labute approximate surface area is 178 Å². The Morgan fingerprint density at radius 1 is 1.07 bits per heavy atom. The Bertz CT molecular complexity index is 1120. The van der Waals surface area contributed by atoms with E-state index in [4.69, 9.17) is 16.3 Å². The Kier molecular flexibility index (Phi) is 5.25. The monoisotopic (exact) mass is 420 g/mol. The first-order valence-corrected chi connectivity index (χ1v) is 9.59. The number of ether oxygens (including phenoxy) is 1. The normalized spacial score (nSPS) is 14.3. The molecular weight excluding hydrogens is 404 g/mol. The van der Waals surface area contributed by atoms with Crippen LogP contribution < -0.4 is 4.74 Å². The zero-order valence-corrected chi connectivity index (χ0v) is 16.7. The largest absolute Gasteiger partial charge is 0.508 e. The molecule has 1 atom stereocenters. The molecule has 4 rings (SSSR count). The summed E-state index contributed by atoms with van der Waals surface area (Å²) in [7, 11) is 0. The van der Waals surface area contributed by atoms with Crippen molar-refractivity contribution in [2.45, 2.75) is 13.0 Å². The minimum Gasteiger partial charge on any atom is -0.508 e. The second kappa shape index (κ2) is 8.00. The van der Waals surface area contributed by atoms with E-state index in [1.165, 1.54) is 17.0 Å². The van der Waals surface area contributed by atoms with Crippen LogP contribution in [0.25, 0.3) is 6.08 Å². The third-order valence-corrected chi connectivity index (χ3v) is 4.98. The summed E-state index contributed by atoms with van der Waals surface area (Å²) in [6, 6.07) is 14.3. The predicted octanol–water partition coefficient (Wildman–Crippen LogP) is 4.93. The van der Waals surface area contributed by atoms with Gasteiger partial charge in [-0.3, -0.25) is 14.5 Å². The number of phenols is 1. The van der Waals surface area contributed by atoms with Crippen molar-refractivity contribution in [1.82, 2.24) is 9.88 Å². The molecular formula is C23H17ClN2O4. The molecule has 0 saturated carbocycles. The fourth-order valence-electron chi connectivity index (χ4n) is 3.15. The number of rotatable bonds is 5. The van der Waals surface area contributed by atoms with Gasteiger partial charge in [-0.15, -0.1) is 0 Å². The minimum atomic E-state index is -0.413. The van der Waals surface area contributed by atoms with Crippen LogP contribution in [0, 0.1) is 0 Å². The number of hydrogen-bond donors (Lipinski definition) is 1. The molecule has 0 saturated heterocycles. The molecule has 1 aromatic heterocycles. The van der Waals surface area contributed by atoms with Gasteiger partial charge in [-0.05, 0) is 42.8 Å². The van der Waals surface area contributed by atoms with Gasteiger partial charge in [0, 0.05) is 18.3 Å². The van der Waals surface area contributed by atoms with Crippen LogP contribution in [0.15, 0.2) is 66.9 Å². The number of carbonyl (C=O) groups is 2. The van der Waals surface area contributed by atoms with Crippen LogP contribution in [0.4, 0.5) is 0 Å². The number of imide groups is 1. The summed E-state index contributed by atoms with van der Waals surface area (Å²) in [5, 5.41) is 9.67. The number of benzene rings is 2. The molecule has 0 spiro atoms. The molecule has 2 aromatic carbocycles. The molecule has 0 unspecified atom stereocenters. The molecule has 1 aliphatic heterocycles. The Morgan fingerprint density at radius 3 is 2.37 bits per heavy atom. The van der Waals surface area contributed by atoms with Gasteiger partial charge < -0.3 is 9.84 Å². The Hall–Kier alpha value is -3.64. The number of pyridine rings is 1. The van der Waals surface area contributed by atoms with Gasteiger partial charge in [0.2, 0.25) is 5.88 Å². The van der Waals surface area contributed by atoms with Crippen molar-refractivity contribution >= 4 is 29.5 Å². The standard InChI is InChI=1S/C23H17ClN2O4/c1-14(26-22(28)17-4-2-3-5-18(17)23(26)29)6-7-15-8-11-21(25-13-15)30-20-10-9-16(27)12-19(20)24/h2-14,27H,1H3/b7-6+/t14-/m0/s1. The van der Waals surface area contributed by atoms with Crippen LogP contribution in [0.2, 0.25) is 5.02 Å². The quantitative estimate of drug-likeness (QED) is 0.592. The minimum absolute atomic E-state index is 0.0491. The fourth-order valence-corrected chi connectivity index (χ4v) is 3.36. The molecule has 0 bridgehead atoms. The van der Waals surface area contributed by atoms with Gasteiger partial charge in [0.15, 0.2) is 0 Å². The number of aromatic hydroxyl groups is 1. The molecule has 0 fully saturated rings. The highest BCUT2D eigenvalue weighted by Gasteiger charge is 2.37. The van der Waals surface area contributed by atoms with Crippen molar-refractivity contribution in [2.75, 3.05) is 0 Å². The average molecular weight is 421 g/mol. The molecule has 2 amide bonds. The Balaban J connectivity index is 1.44. The third-order valence-electron chi connectivity index (χ3n) is 4.69. The smallest absolute Gasteiger partial charge is 0.262 e. The molecule has 2 heterocycles. The Morgan fingerprint density at radius 2 is 1.77 bits per heavy atom. The SMILES string of the molecule is C[C@@H](/C=C/c1ccc(Oc2ccc(O)cc2Cl)nc1)N1C(=O)c2ccccc2C1=O. The van der Waals surface area contributed by atoms with Crippen LogP contribution in [0.1, 0.15) is 33.2 Å². The highest BCUT2D eigenvalue weighted by atomic mass is 35.5. The lowest BCUT2D eigenvalue weighted by Gasteiger charge is -2.19. The van der Waals surface area contributed by atoms with Gasteiger partial charge in [-0.25, -0.2) is 4.98 Å². The van der Waals surface area contributed by atoms with E-state index in [1.807, 2.05) is 0 Å². The van der Waals surface area contributed by atoms with Gasteiger partial charge in [0.05, 0.1) is 22.2 Å². The van der Waals surface area contributed by atoms with E-state index in [9.17, 15) is 14.7 Å². The van der Waals surface area contributed by atoms with Crippen LogP contribution in [-0.4, -0.2) is 32.8 Å². The number of amides is 2. The van der Waals surface area contributed by atoms with Crippen LogP contribution in [0.5, 0.6) is 17.4 Å². The molecule has 30 heavy (non-hydrogen) atoms. The van der Waals surface area contributed by atoms with Crippen molar-refractivity contribution in [3.05, 3.63) is 88.6 Å². The summed E-state index contributed by atoms with van der Waals surface area (Å²) in [5.74, 6) is 0.186. The molecule has 6 nitrogen and oxygen atoms in total. The zero-order chi connectivity index (χ0) is 21.3. The van der Waals surface area contributed by atoms with Gasteiger partial charge in [-0.2, -0.15) is 0 Å². The van der Waals surface area contributed by atoms with E-state index in [-0.39, 0.29) is 22.6 Å². The summed E-state index contributed by atoms with van der Waals surface area (Å²) in [6.45, 7) is 1.79. The average Bonchev–Trinajstić information content (AvgIpc) is 3.00. The lowest BCUT2D eigenvalue weighted by Crippen LogP contribution is -2.36. The van der Waals surface area contributed by atoms with Gasteiger partial charge in [0.25, 0.3) is 11.8 Å². The van der Waals surface area contributed by atoms with E-state index in [2.05, 4.69) is 4.98 Å². The van der Waals surface area contributed by atoms with Gasteiger partial charge >= 0.3 is 0 Å². The van der Waals surface area contributed by atoms with Crippen molar-refractivity contribution < 1.29 is 19.4 Å². The first-order chi connectivity index (χ1) is 14.4. The third kappa shape index (κ3) is 3.77. The summed E-state index contributed by atoms with van der Waals surface area (Å²) in [4.78, 5) is 30.6. The van der Waals surface area contributed by atoms with E-state index >= 15 is 0 Å². The molecule has 0 radical (unpaired) electrons. The maximum atomic E-state index is 12.5. The lowest BCUT2D eigenvalue weighted by molar-refractivity contribution is 0.0625. The van der Waals surface area contributed by atoms with Crippen LogP contribution >= 0.6 is 11.6 Å². The molecule has 0 aliphatic carbocycles. The second-order valence-corrected chi connectivity index (χ2v) is 7.18. The zero-order valence-electron chi connectivity index (χ0n) is 15.9. The maximum absolute atomic E-state index is 12.5. The van der Waals surface area contributed by atoms with Crippen molar-refractivity contribution in [3.63, 3.8) is 0 Å². The molecule has 1 aliphatic rings. The lowest BCUT2D eigenvalue weighted by atomic mass is 10.1. The summed E-state index contributed by atoms with van der Waals surface area (Å²) in [5.41, 5.74) is 1.64. The summed E-state index contributed by atoms with van der Waals surface area (Å²) in [6.07, 6.45) is 5.17. The van der Waals surface area contributed by atoms with E-state index < -0.39 is 6.04 Å². The number of phenolic OH excluding ortho intramolecular Hbond substituents is 1. The molecule has 7 heteroatoms. The van der Waals surface area contributed by atoms with Crippen molar-refractivity contribution in [1.29, 1.82) is 0 Å². The maximum Gasteiger partial charge on any atom is 0.262 e. The van der Waals surface area contributed by atoms with Crippen molar-refractivity contribution in [2.24, 2.45) is 0 Å². The summed E-state index contributed by atoms with van der Waals surface area (Å²) < 4.78 is 5.61. The van der Waals surface area contributed by atoms with Crippen molar-refractivity contribution in [3.8, 4) is 17.4 Å². The first kappa shape index (κ1) is 19.7. The number of hydrogen-bond acceptors (Lipinski definition) is 5. The first-order valence-electron chi connectivity index (χ1n) is 9.21. The number of nitrogens with zero attached hydrogens (tertiary/aromatic N) is 2. The van der Waals surface area contributed by atoms with Gasteiger partial charge in [-0.1, -0.05) is 35.9 Å². The number of halogens is 1. The van der Waals surface area contributed by atoms with Gasteiger partial charge in [0.1, 0.15) is 11.5 Å². The number of fused-ring (bicyclic) bond motifs is 1. The van der Waals surface area contributed by atoms with Crippen LogP contribution in [-0.2, 0) is 0 Å². The van der Waals surface area contributed by atoms with E-state index in [1.54, 1.807) is 67.7 Å². The molecule has 150 valence electrons. The highest BCUT2D eigenvalue weighted by Crippen LogP contribution is 2.31. The highest BCUT2D eigenvalue weighted by molar-refractivity contribution is 6.32. The molecule has 3 aromatic rings. The fraction of sp³-hybridized carbons (Fsp3) is 0.0870. The topological polar surface area (TPSA) is 79.7 Å². The summed E-state index contributed by atoms with van der Waals surface area (Å²) >= 11 is 6.03. The molecule has 1 N–H and O–H groups in total. The van der Waals surface area contributed by atoms with E-state index in [0.29, 0.717) is 22.8 Å². The number of aromatic nitrogens is 1. The van der Waals surface area contributed by atoms with E-state index in [0.717, 1.165) is 5.56 Å². The second-order valence-electron chi connectivity index (χ2n) is 6.77. The predicted molar refractivity (Wildman–Crippen MR) is 113 cm³/mol. The van der Waals surface area contributed by atoms with Crippen LogP contribution in [0.3, 0.4) is 0 Å². The number of carbonyl (C=O) groups excluding carboxylic acids is 2.